The van der Waals surface area contributed by atoms with Crippen molar-refractivity contribution in [2.45, 2.75) is 38.8 Å². The molecule has 0 aromatic heterocycles. The minimum absolute atomic E-state index is 0.00275. The van der Waals surface area contributed by atoms with Crippen LogP contribution in [0.3, 0.4) is 0 Å². The van der Waals surface area contributed by atoms with Gasteiger partial charge < -0.3 is 4.74 Å². The highest BCUT2D eigenvalue weighted by molar-refractivity contribution is 5.85. The van der Waals surface area contributed by atoms with Crippen LogP contribution in [0, 0.1) is 17.5 Å². The van der Waals surface area contributed by atoms with E-state index >= 15 is 0 Å². The van der Waals surface area contributed by atoms with Crippen molar-refractivity contribution < 1.29 is 31.1 Å². The molecule has 0 saturated carbocycles. The number of hydrogen-bond donors (Lipinski definition) is 0. The fraction of sp³-hybridized carbons (Fsp3) is 0.304. The Hall–Kier alpha value is -2.70. The maximum Gasteiger partial charge on any atom is 0.422 e. The van der Waals surface area contributed by atoms with Crippen molar-refractivity contribution >= 4 is 10.8 Å². The Morgan fingerprint density at radius 1 is 0.800 bits per heavy atom. The normalized spacial score (nSPS) is 11.8. The largest absolute Gasteiger partial charge is 0.481 e. The van der Waals surface area contributed by atoms with Gasteiger partial charge in [-0.2, -0.15) is 13.2 Å². The van der Waals surface area contributed by atoms with E-state index in [4.69, 9.17) is 0 Å². The Kier molecular flexibility index (Phi) is 6.58. The zero-order valence-electron chi connectivity index (χ0n) is 16.3. The summed E-state index contributed by atoms with van der Waals surface area (Å²) in [7, 11) is 0. The molecule has 7 heteroatoms. The summed E-state index contributed by atoms with van der Waals surface area (Å²) >= 11 is 0. The first kappa shape index (κ1) is 22.0. The van der Waals surface area contributed by atoms with Gasteiger partial charge in [0.05, 0.1) is 0 Å². The molecule has 0 unspecified atom stereocenters. The van der Waals surface area contributed by atoms with Gasteiger partial charge in [-0.1, -0.05) is 37.6 Å². The molecule has 3 aromatic rings. The maximum atomic E-state index is 14.4. The third kappa shape index (κ3) is 5.26. The van der Waals surface area contributed by atoms with Crippen molar-refractivity contribution in [1.29, 1.82) is 0 Å². The highest BCUT2D eigenvalue weighted by atomic mass is 19.4. The summed E-state index contributed by atoms with van der Waals surface area (Å²) in [5, 5.41) is 0.573. The lowest BCUT2D eigenvalue weighted by Crippen LogP contribution is -2.19. The number of hydrogen-bond acceptors (Lipinski definition) is 1. The lowest BCUT2D eigenvalue weighted by molar-refractivity contribution is -0.153. The summed E-state index contributed by atoms with van der Waals surface area (Å²) in [5.74, 6) is -2.54. The predicted molar refractivity (Wildman–Crippen MR) is 103 cm³/mol. The van der Waals surface area contributed by atoms with Crippen LogP contribution in [0.2, 0.25) is 0 Å². The summed E-state index contributed by atoms with van der Waals surface area (Å²) in [6.45, 7) is 0.347. The number of ether oxygens (including phenoxy) is 1. The van der Waals surface area contributed by atoms with Crippen LogP contribution in [0.25, 0.3) is 10.8 Å². The van der Waals surface area contributed by atoms with Crippen LogP contribution in [0.1, 0.15) is 30.0 Å². The number of halogens is 6. The second-order valence-electron chi connectivity index (χ2n) is 7.13. The monoisotopic (exact) mass is 426 g/mol. The highest BCUT2D eigenvalue weighted by Gasteiger charge is 2.29. The maximum absolute atomic E-state index is 14.4. The summed E-state index contributed by atoms with van der Waals surface area (Å²) in [5.41, 5.74) is 1.33. The number of fused-ring (bicyclic) bond motifs is 1. The van der Waals surface area contributed by atoms with Crippen molar-refractivity contribution in [2.75, 3.05) is 6.61 Å². The van der Waals surface area contributed by atoms with Gasteiger partial charge in [0.2, 0.25) is 0 Å². The molecule has 0 amide bonds. The van der Waals surface area contributed by atoms with Crippen LogP contribution in [0.5, 0.6) is 5.75 Å². The van der Waals surface area contributed by atoms with E-state index in [1.165, 1.54) is 24.3 Å². The minimum Gasteiger partial charge on any atom is -0.481 e. The van der Waals surface area contributed by atoms with E-state index in [1.807, 2.05) is 6.92 Å². The molecular formula is C23H20F6O. The third-order valence-electron chi connectivity index (χ3n) is 4.78. The van der Waals surface area contributed by atoms with Gasteiger partial charge in [0.25, 0.3) is 0 Å². The van der Waals surface area contributed by atoms with Crippen LogP contribution in [-0.2, 0) is 19.3 Å². The molecule has 3 rings (SSSR count). The summed E-state index contributed by atoms with van der Waals surface area (Å²) in [4.78, 5) is 0. The molecule has 0 radical (unpaired) electrons. The smallest absolute Gasteiger partial charge is 0.422 e. The fourth-order valence-corrected chi connectivity index (χ4v) is 3.34. The number of alkyl halides is 3. The molecular weight excluding hydrogens is 406 g/mol. The SMILES string of the molecule is CCCc1cc(F)c(CCc2ccc3c(F)c(OCC(F)(F)F)ccc3c2)c(F)c1. The van der Waals surface area contributed by atoms with Gasteiger partial charge in [0, 0.05) is 10.9 Å². The predicted octanol–water partition coefficient (Wildman–Crippen LogP) is 6.94. The molecule has 0 atom stereocenters. The van der Waals surface area contributed by atoms with Gasteiger partial charge in [0.1, 0.15) is 11.6 Å². The van der Waals surface area contributed by atoms with Crippen LogP contribution in [-0.4, -0.2) is 12.8 Å². The zero-order valence-corrected chi connectivity index (χ0v) is 16.3. The van der Waals surface area contributed by atoms with Crippen molar-refractivity contribution in [2.24, 2.45) is 0 Å². The van der Waals surface area contributed by atoms with Gasteiger partial charge >= 0.3 is 6.18 Å². The molecule has 0 bridgehead atoms. The minimum atomic E-state index is -4.56. The van der Waals surface area contributed by atoms with Gasteiger partial charge in [-0.05, 0) is 54.0 Å². The molecule has 30 heavy (non-hydrogen) atoms. The molecule has 3 aromatic carbocycles. The Balaban J connectivity index is 1.77. The first-order chi connectivity index (χ1) is 14.2. The summed E-state index contributed by atoms with van der Waals surface area (Å²) in [6, 6.07) is 9.94. The van der Waals surface area contributed by atoms with E-state index in [1.54, 1.807) is 12.1 Å². The van der Waals surface area contributed by atoms with Crippen LogP contribution >= 0.6 is 0 Å². The molecule has 1 nitrogen and oxygen atoms in total. The highest BCUT2D eigenvalue weighted by Crippen LogP contribution is 2.29. The third-order valence-corrected chi connectivity index (χ3v) is 4.78. The van der Waals surface area contributed by atoms with Crippen molar-refractivity contribution in [3.05, 3.63) is 76.6 Å². The average molecular weight is 426 g/mol. The van der Waals surface area contributed by atoms with E-state index < -0.39 is 36.0 Å². The van der Waals surface area contributed by atoms with Crippen LogP contribution in [0.4, 0.5) is 26.3 Å². The number of benzene rings is 3. The Labute approximate surface area is 170 Å². The van der Waals surface area contributed by atoms with Crippen LogP contribution < -0.4 is 4.74 Å². The van der Waals surface area contributed by atoms with E-state index in [0.717, 1.165) is 18.1 Å². The molecule has 0 heterocycles. The first-order valence-electron chi connectivity index (χ1n) is 9.55. The van der Waals surface area contributed by atoms with Gasteiger partial charge in [-0.25, -0.2) is 13.2 Å². The van der Waals surface area contributed by atoms with E-state index in [9.17, 15) is 26.3 Å². The topological polar surface area (TPSA) is 9.23 Å². The van der Waals surface area contributed by atoms with Crippen molar-refractivity contribution in [1.82, 2.24) is 0 Å². The van der Waals surface area contributed by atoms with Gasteiger partial charge in [-0.15, -0.1) is 0 Å². The van der Waals surface area contributed by atoms with E-state index in [2.05, 4.69) is 4.74 Å². The fourth-order valence-electron chi connectivity index (χ4n) is 3.34. The summed E-state index contributed by atoms with van der Waals surface area (Å²) in [6.07, 6.45) is -2.73. The molecule has 0 aliphatic carbocycles. The number of aryl methyl sites for hydroxylation is 2. The molecule has 0 spiro atoms. The van der Waals surface area contributed by atoms with E-state index in [0.29, 0.717) is 23.8 Å². The molecule has 0 aliphatic rings. The second kappa shape index (κ2) is 8.98. The zero-order chi connectivity index (χ0) is 21.9. The van der Waals surface area contributed by atoms with Gasteiger partial charge in [0.15, 0.2) is 18.2 Å². The molecule has 0 saturated heterocycles. The van der Waals surface area contributed by atoms with Crippen molar-refractivity contribution in [3.63, 3.8) is 0 Å². The molecule has 0 N–H and O–H groups in total. The quantitative estimate of drug-likeness (QED) is 0.372. The standard InChI is InChI=1S/C23H20F6O/c1-2-3-15-11-19(24)18(20(25)12-15)8-5-14-4-7-17-16(10-14)6-9-21(22(17)26)30-13-23(27,28)29/h4,6-7,9-12H,2-3,5,8,13H2,1H3. The first-order valence-corrected chi connectivity index (χ1v) is 9.55. The Bertz CT molecular complexity index is 1020. The lowest BCUT2D eigenvalue weighted by Gasteiger charge is -2.12. The van der Waals surface area contributed by atoms with E-state index in [-0.39, 0.29) is 17.4 Å². The second-order valence-corrected chi connectivity index (χ2v) is 7.13. The Morgan fingerprint density at radius 3 is 2.13 bits per heavy atom. The lowest BCUT2D eigenvalue weighted by atomic mass is 9.98. The number of rotatable bonds is 7. The van der Waals surface area contributed by atoms with Gasteiger partial charge in [-0.3, -0.25) is 0 Å². The molecule has 0 fully saturated rings. The average Bonchev–Trinajstić information content (AvgIpc) is 2.66. The molecule has 0 aliphatic heterocycles. The molecule has 160 valence electrons. The summed E-state index contributed by atoms with van der Waals surface area (Å²) < 4.78 is 84.3. The van der Waals surface area contributed by atoms with Crippen molar-refractivity contribution in [3.8, 4) is 5.75 Å². The van der Waals surface area contributed by atoms with Crippen LogP contribution in [0.15, 0.2) is 42.5 Å². The Morgan fingerprint density at radius 2 is 1.50 bits per heavy atom.